The molecule has 2 aromatic rings. The van der Waals surface area contributed by atoms with Crippen molar-refractivity contribution in [2.24, 2.45) is 0 Å². The lowest BCUT2D eigenvalue weighted by atomic mass is 10.0. The van der Waals surface area contributed by atoms with Crippen LogP contribution in [-0.4, -0.2) is 27.7 Å². The second-order valence-electron chi connectivity index (χ2n) is 6.03. The number of benzene rings is 1. The molecule has 2 amide bonds. The second kappa shape index (κ2) is 7.88. The Hall–Kier alpha value is -2.47. The van der Waals surface area contributed by atoms with E-state index >= 15 is 0 Å². The van der Waals surface area contributed by atoms with Gasteiger partial charge in [-0.05, 0) is 31.2 Å². The van der Waals surface area contributed by atoms with E-state index in [9.17, 15) is 4.79 Å². The fourth-order valence-electron chi connectivity index (χ4n) is 2.58. The second-order valence-corrected chi connectivity index (χ2v) is 6.03. The number of nitrogens with one attached hydrogen (secondary N) is 2. The highest BCUT2D eigenvalue weighted by atomic mass is 16.3. The first kappa shape index (κ1) is 16.4. The number of aromatic nitrogens is 2. The zero-order valence-electron chi connectivity index (χ0n) is 13.5. The van der Waals surface area contributed by atoms with Gasteiger partial charge in [-0.1, -0.05) is 30.3 Å². The number of hydrogen-bond donors (Lipinski definition) is 3. The molecule has 0 bridgehead atoms. The van der Waals surface area contributed by atoms with Gasteiger partial charge in [0.15, 0.2) is 0 Å². The van der Waals surface area contributed by atoms with Gasteiger partial charge in [-0.25, -0.2) is 14.8 Å². The Balaban J connectivity index is 1.59. The van der Waals surface area contributed by atoms with Crippen LogP contribution in [0.2, 0.25) is 0 Å². The molecule has 1 aliphatic rings. The van der Waals surface area contributed by atoms with E-state index in [2.05, 4.69) is 20.6 Å². The van der Waals surface area contributed by atoms with E-state index in [0.29, 0.717) is 24.4 Å². The Morgan fingerprint density at radius 3 is 2.54 bits per heavy atom. The number of carbonyl (C=O) groups excluding carboxylic acids is 1. The van der Waals surface area contributed by atoms with E-state index in [4.69, 9.17) is 5.11 Å². The van der Waals surface area contributed by atoms with Gasteiger partial charge in [0.2, 0.25) is 0 Å². The molecule has 0 aliphatic heterocycles. The van der Waals surface area contributed by atoms with Crippen LogP contribution in [0.25, 0.3) is 0 Å². The average Bonchev–Trinajstić information content (AvgIpc) is 3.45. The lowest BCUT2D eigenvalue weighted by Gasteiger charge is -2.19. The van der Waals surface area contributed by atoms with Crippen LogP contribution in [0.5, 0.6) is 0 Å². The third kappa shape index (κ3) is 4.52. The van der Waals surface area contributed by atoms with Gasteiger partial charge in [-0.2, -0.15) is 0 Å². The largest absolute Gasteiger partial charge is 0.396 e. The quantitative estimate of drug-likeness (QED) is 0.730. The van der Waals surface area contributed by atoms with Crippen LogP contribution in [0.1, 0.15) is 49.0 Å². The summed E-state index contributed by atoms with van der Waals surface area (Å²) in [5, 5.41) is 14.8. The molecule has 1 atom stereocenters. The number of anilines is 1. The number of carbonyl (C=O) groups is 1. The predicted molar refractivity (Wildman–Crippen MR) is 91.7 cm³/mol. The van der Waals surface area contributed by atoms with Crippen molar-refractivity contribution in [3.8, 4) is 0 Å². The summed E-state index contributed by atoms with van der Waals surface area (Å²) in [6.07, 6.45) is 6.88. The van der Waals surface area contributed by atoms with E-state index in [-0.39, 0.29) is 18.7 Å². The number of hydrogen-bond acceptors (Lipinski definition) is 4. The topological polar surface area (TPSA) is 87.1 Å². The molecule has 1 aliphatic carbocycles. The highest BCUT2D eigenvalue weighted by Crippen LogP contribution is 2.37. The molecule has 0 saturated heterocycles. The summed E-state index contributed by atoms with van der Waals surface area (Å²) in [4.78, 5) is 20.8. The summed E-state index contributed by atoms with van der Waals surface area (Å²) in [6.45, 7) is 0.100. The van der Waals surface area contributed by atoms with E-state index < -0.39 is 0 Å². The fourth-order valence-corrected chi connectivity index (χ4v) is 2.58. The highest BCUT2D eigenvalue weighted by Gasteiger charge is 2.26. The van der Waals surface area contributed by atoms with Crippen molar-refractivity contribution < 1.29 is 9.90 Å². The van der Waals surface area contributed by atoms with Gasteiger partial charge in [0.25, 0.3) is 0 Å². The Bertz CT molecular complexity index is 656. The van der Waals surface area contributed by atoms with Crippen molar-refractivity contribution in [2.75, 3.05) is 11.9 Å². The summed E-state index contributed by atoms with van der Waals surface area (Å²) in [5.41, 5.74) is 1.59. The number of amides is 2. The van der Waals surface area contributed by atoms with Gasteiger partial charge in [0, 0.05) is 12.5 Å². The molecule has 1 fully saturated rings. The zero-order chi connectivity index (χ0) is 16.8. The van der Waals surface area contributed by atoms with E-state index in [0.717, 1.165) is 24.2 Å². The Kier molecular flexibility index (Phi) is 5.38. The molecular weight excluding hydrogens is 304 g/mol. The van der Waals surface area contributed by atoms with Crippen LogP contribution in [0.4, 0.5) is 10.5 Å². The summed E-state index contributed by atoms with van der Waals surface area (Å²) >= 11 is 0. The molecule has 0 radical (unpaired) electrons. The Morgan fingerprint density at radius 2 is 1.92 bits per heavy atom. The summed E-state index contributed by atoms with van der Waals surface area (Å²) in [5.74, 6) is 1.35. The third-order valence-corrected chi connectivity index (χ3v) is 4.03. The molecule has 0 spiro atoms. The molecule has 1 heterocycles. The molecule has 1 aromatic heterocycles. The van der Waals surface area contributed by atoms with Crippen LogP contribution < -0.4 is 10.6 Å². The average molecular weight is 326 g/mol. The third-order valence-electron chi connectivity index (χ3n) is 4.03. The van der Waals surface area contributed by atoms with Crippen molar-refractivity contribution in [2.45, 2.75) is 37.6 Å². The molecular formula is C18H22N4O2. The minimum atomic E-state index is -0.301. The maximum atomic E-state index is 12.3. The van der Waals surface area contributed by atoms with Crippen molar-refractivity contribution in [1.82, 2.24) is 15.3 Å². The van der Waals surface area contributed by atoms with Crippen LogP contribution in [0.15, 0.2) is 42.7 Å². The molecule has 24 heavy (non-hydrogen) atoms. The molecule has 6 nitrogen and oxygen atoms in total. The van der Waals surface area contributed by atoms with Gasteiger partial charge >= 0.3 is 6.03 Å². The van der Waals surface area contributed by atoms with Crippen molar-refractivity contribution >= 4 is 11.7 Å². The maximum Gasteiger partial charge on any atom is 0.319 e. The molecule has 1 unspecified atom stereocenters. The number of aliphatic hydroxyl groups is 1. The molecule has 6 heteroatoms. The molecule has 1 aromatic carbocycles. The summed E-state index contributed by atoms with van der Waals surface area (Å²) < 4.78 is 0. The zero-order valence-corrected chi connectivity index (χ0v) is 13.5. The summed E-state index contributed by atoms with van der Waals surface area (Å²) in [7, 11) is 0. The molecule has 3 N–H and O–H groups in total. The number of rotatable bonds is 7. The van der Waals surface area contributed by atoms with Crippen LogP contribution in [-0.2, 0) is 0 Å². The van der Waals surface area contributed by atoms with Crippen LogP contribution >= 0.6 is 0 Å². The SMILES string of the molecule is O=C(Nc1cnc(C2CC2)nc1)NC(CCCO)c1ccccc1. The van der Waals surface area contributed by atoms with Crippen molar-refractivity contribution in [3.05, 3.63) is 54.1 Å². The van der Waals surface area contributed by atoms with E-state index in [1.165, 1.54) is 0 Å². The lowest BCUT2D eigenvalue weighted by Crippen LogP contribution is -2.32. The van der Waals surface area contributed by atoms with Gasteiger partial charge in [-0.15, -0.1) is 0 Å². The van der Waals surface area contributed by atoms with E-state index in [1.807, 2.05) is 30.3 Å². The first-order valence-electron chi connectivity index (χ1n) is 8.31. The van der Waals surface area contributed by atoms with E-state index in [1.54, 1.807) is 12.4 Å². The number of urea groups is 1. The molecule has 3 rings (SSSR count). The normalized spacial score (nSPS) is 14.9. The van der Waals surface area contributed by atoms with Crippen LogP contribution in [0.3, 0.4) is 0 Å². The minimum absolute atomic E-state index is 0.100. The molecule has 126 valence electrons. The predicted octanol–water partition coefficient (Wildman–Crippen LogP) is 2.99. The van der Waals surface area contributed by atoms with Crippen molar-refractivity contribution in [1.29, 1.82) is 0 Å². The smallest absolute Gasteiger partial charge is 0.319 e. The standard InChI is InChI=1S/C18H22N4O2/c23-10-4-7-16(13-5-2-1-3-6-13)22-18(24)21-15-11-19-17(20-12-15)14-8-9-14/h1-3,5-6,11-12,14,16,23H,4,7-10H2,(H2,21,22,24). The van der Waals surface area contributed by atoms with Gasteiger partial charge in [0.1, 0.15) is 5.82 Å². The minimum Gasteiger partial charge on any atom is -0.396 e. The summed E-state index contributed by atoms with van der Waals surface area (Å²) in [6, 6.07) is 9.29. The lowest BCUT2D eigenvalue weighted by molar-refractivity contribution is 0.243. The fraction of sp³-hybridized carbons (Fsp3) is 0.389. The maximum absolute atomic E-state index is 12.3. The number of nitrogens with zero attached hydrogens (tertiary/aromatic N) is 2. The van der Waals surface area contributed by atoms with Gasteiger partial charge in [0.05, 0.1) is 24.1 Å². The highest BCUT2D eigenvalue weighted by molar-refractivity contribution is 5.89. The monoisotopic (exact) mass is 326 g/mol. The van der Waals surface area contributed by atoms with Crippen LogP contribution in [0, 0.1) is 0 Å². The van der Waals surface area contributed by atoms with Gasteiger partial charge in [-0.3, -0.25) is 0 Å². The Morgan fingerprint density at radius 1 is 1.21 bits per heavy atom. The van der Waals surface area contributed by atoms with Gasteiger partial charge < -0.3 is 15.7 Å². The first-order chi connectivity index (χ1) is 11.8. The number of aliphatic hydroxyl groups excluding tert-OH is 1. The molecule has 1 saturated carbocycles. The first-order valence-corrected chi connectivity index (χ1v) is 8.31. The van der Waals surface area contributed by atoms with Crippen molar-refractivity contribution in [3.63, 3.8) is 0 Å². The Labute approximate surface area is 141 Å².